The second-order valence-electron chi connectivity index (χ2n) is 16.6. The van der Waals surface area contributed by atoms with Gasteiger partial charge in [0.1, 0.15) is 0 Å². The molecule has 0 N–H and O–H groups in total. The van der Waals surface area contributed by atoms with Crippen LogP contribution in [-0.4, -0.2) is 0 Å². The van der Waals surface area contributed by atoms with Crippen LogP contribution in [-0.2, 0) is 16.2 Å². The molecule has 0 aliphatic heterocycles. The predicted molar refractivity (Wildman–Crippen MR) is 218 cm³/mol. The Bertz CT molecular complexity index is 2400. The smallest absolute Gasteiger partial charge is 0.0556 e. The second kappa shape index (κ2) is 11.0. The van der Waals surface area contributed by atoms with Crippen molar-refractivity contribution in [2.45, 2.75) is 64.7 Å². The van der Waals surface area contributed by atoms with Gasteiger partial charge in [0.25, 0.3) is 0 Å². The zero-order chi connectivity index (χ0) is 35.3. The van der Waals surface area contributed by atoms with Gasteiger partial charge < -0.3 is 4.90 Å². The molecule has 0 bridgehead atoms. The molecule has 0 unspecified atom stereocenters. The SMILES string of the molecule is CC(C)(C)c1c2c(c(N(c3ccc(-c4ccccc4)cc3)c3ccc4ccccc4c3)c3c1-c1ccccc1C3(C)C)C(C)(C)c1ccccc1-2. The Kier molecular flexibility index (Phi) is 6.84. The van der Waals surface area contributed by atoms with Crippen LogP contribution >= 0.6 is 0 Å². The molecule has 2 aliphatic rings. The van der Waals surface area contributed by atoms with E-state index in [1.165, 1.54) is 83.3 Å². The van der Waals surface area contributed by atoms with Crippen molar-refractivity contribution >= 4 is 27.8 Å². The fraction of sp³-hybridized carbons (Fsp3) is 0.200. The first-order chi connectivity index (χ1) is 24.5. The van der Waals surface area contributed by atoms with E-state index in [0.29, 0.717) is 0 Å². The molecule has 0 saturated heterocycles. The topological polar surface area (TPSA) is 3.24 Å². The minimum atomic E-state index is -0.236. The van der Waals surface area contributed by atoms with Crippen LogP contribution < -0.4 is 4.90 Å². The first-order valence-corrected chi connectivity index (χ1v) is 18.4. The Morgan fingerprint density at radius 3 is 1.49 bits per heavy atom. The average molecular weight is 660 g/mol. The Labute approximate surface area is 303 Å². The quantitative estimate of drug-likeness (QED) is 0.182. The van der Waals surface area contributed by atoms with E-state index in [2.05, 4.69) is 199 Å². The fourth-order valence-electron chi connectivity index (χ4n) is 9.38. The van der Waals surface area contributed by atoms with Crippen LogP contribution in [0.15, 0.2) is 146 Å². The summed E-state index contributed by atoms with van der Waals surface area (Å²) in [5.74, 6) is 0. The van der Waals surface area contributed by atoms with Crippen LogP contribution in [0.1, 0.15) is 76.3 Å². The molecule has 0 atom stereocenters. The molecular weight excluding hydrogens is 615 g/mol. The van der Waals surface area contributed by atoms with Gasteiger partial charge in [0.05, 0.1) is 5.69 Å². The van der Waals surface area contributed by atoms with Crippen LogP contribution in [0.4, 0.5) is 17.1 Å². The van der Waals surface area contributed by atoms with E-state index in [-0.39, 0.29) is 16.2 Å². The Hall–Kier alpha value is -5.40. The number of hydrogen-bond donors (Lipinski definition) is 0. The normalized spacial score (nSPS) is 14.9. The molecule has 9 rings (SSSR count). The van der Waals surface area contributed by atoms with Crippen LogP contribution in [0.3, 0.4) is 0 Å². The van der Waals surface area contributed by atoms with E-state index in [9.17, 15) is 0 Å². The maximum absolute atomic E-state index is 2.60. The highest BCUT2D eigenvalue weighted by Crippen LogP contribution is 2.65. The van der Waals surface area contributed by atoms with Gasteiger partial charge in [-0.15, -0.1) is 0 Å². The van der Waals surface area contributed by atoms with Crippen LogP contribution in [0.2, 0.25) is 0 Å². The van der Waals surface area contributed by atoms with Gasteiger partial charge in [0.15, 0.2) is 0 Å². The molecule has 1 nitrogen and oxygen atoms in total. The highest BCUT2D eigenvalue weighted by Gasteiger charge is 2.50. The Morgan fingerprint density at radius 2 is 0.922 bits per heavy atom. The average Bonchev–Trinajstić information content (AvgIpc) is 3.52. The van der Waals surface area contributed by atoms with Gasteiger partial charge in [-0.25, -0.2) is 0 Å². The lowest BCUT2D eigenvalue weighted by Gasteiger charge is -2.39. The summed E-state index contributed by atoms with van der Waals surface area (Å²) in [7, 11) is 0. The van der Waals surface area contributed by atoms with Crippen molar-refractivity contribution < 1.29 is 0 Å². The van der Waals surface area contributed by atoms with Gasteiger partial charge in [-0.3, -0.25) is 0 Å². The largest absolute Gasteiger partial charge is 0.310 e. The molecule has 0 spiro atoms. The standard InChI is InChI=1S/C50H45N/c1-48(2,3)44-42-38-21-13-15-23-40(38)49(4,5)45(42)47(46-43(44)39-22-14-16-24-41(39)50(46,6)7)51(37-30-27-33-19-11-12-20-35(33)31-37)36-28-25-34(26-29-36)32-17-9-8-10-18-32/h8-31H,1-7H3. The van der Waals surface area contributed by atoms with Crippen LogP contribution in [0, 0.1) is 0 Å². The van der Waals surface area contributed by atoms with E-state index in [1.807, 2.05) is 0 Å². The summed E-state index contributed by atoms with van der Waals surface area (Å²) in [5, 5.41) is 2.49. The monoisotopic (exact) mass is 659 g/mol. The molecule has 7 aromatic rings. The summed E-state index contributed by atoms with van der Waals surface area (Å²) in [6.45, 7) is 17.0. The summed E-state index contributed by atoms with van der Waals surface area (Å²) in [6.07, 6.45) is 0. The molecule has 250 valence electrons. The summed E-state index contributed by atoms with van der Waals surface area (Å²) < 4.78 is 0. The van der Waals surface area contributed by atoms with E-state index >= 15 is 0 Å². The number of rotatable bonds is 4. The minimum Gasteiger partial charge on any atom is -0.310 e. The highest BCUT2D eigenvalue weighted by molar-refractivity contribution is 6.03. The number of benzene rings is 7. The lowest BCUT2D eigenvalue weighted by atomic mass is 9.71. The van der Waals surface area contributed by atoms with Gasteiger partial charge >= 0.3 is 0 Å². The van der Waals surface area contributed by atoms with E-state index < -0.39 is 0 Å². The van der Waals surface area contributed by atoms with Crippen LogP contribution in [0.5, 0.6) is 0 Å². The molecule has 51 heavy (non-hydrogen) atoms. The first kappa shape index (κ1) is 31.6. The van der Waals surface area contributed by atoms with Gasteiger partial charge in [-0.1, -0.05) is 170 Å². The second-order valence-corrected chi connectivity index (χ2v) is 16.6. The van der Waals surface area contributed by atoms with Gasteiger partial charge in [0.2, 0.25) is 0 Å². The fourth-order valence-corrected chi connectivity index (χ4v) is 9.38. The molecular formula is C50H45N. The molecule has 0 saturated carbocycles. The van der Waals surface area contributed by atoms with Gasteiger partial charge in [-0.2, -0.15) is 0 Å². The van der Waals surface area contributed by atoms with E-state index in [0.717, 1.165) is 5.69 Å². The highest BCUT2D eigenvalue weighted by atomic mass is 15.2. The zero-order valence-electron chi connectivity index (χ0n) is 30.8. The maximum Gasteiger partial charge on any atom is 0.0556 e. The van der Waals surface area contributed by atoms with Crippen molar-refractivity contribution in [3.05, 3.63) is 173 Å². The molecule has 0 aromatic heterocycles. The molecule has 7 aromatic carbocycles. The number of hydrogen-bond acceptors (Lipinski definition) is 1. The maximum atomic E-state index is 2.60. The summed E-state index contributed by atoms with van der Waals surface area (Å²) in [6, 6.07) is 54.1. The summed E-state index contributed by atoms with van der Waals surface area (Å²) >= 11 is 0. The van der Waals surface area contributed by atoms with Gasteiger partial charge in [-0.05, 0) is 102 Å². The lowest BCUT2D eigenvalue weighted by molar-refractivity contribution is 0.587. The van der Waals surface area contributed by atoms with Gasteiger partial charge in [0, 0.05) is 22.2 Å². The molecule has 0 heterocycles. The minimum absolute atomic E-state index is 0.0983. The van der Waals surface area contributed by atoms with Crippen molar-refractivity contribution in [3.63, 3.8) is 0 Å². The summed E-state index contributed by atoms with van der Waals surface area (Å²) in [5.41, 5.74) is 18.2. The van der Waals surface area contributed by atoms with Crippen molar-refractivity contribution in [1.29, 1.82) is 0 Å². The summed E-state index contributed by atoms with van der Waals surface area (Å²) in [4.78, 5) is 2.60. The van der Waals surface area contributed by atoms with Crippen molar-refractivity contribution in [1.82, 2.24) is 0 Å². The predicted octanol–water partition coefficient (Wildman–Crippen LogP) is 13.9. The first-order valence-electron chi connectivity index (χ1n) is 18.4. The van der Waals surface area contributed by atoms with Crippen molar-refractivity contribution in [2.24, 2.45) is 0 Å². The molecule has 2 aliphatic carbocycles. The Morgan fingerprint density at radius 1 is 0.451 bits per heavy atom. The van der Waals surface area contributed by atoms with E-state index in [1.54, 1.807) is 0 Å². The molecule has 1 heteroatoms. The number of fused-ring (bicyclic) bond motifs is 7. The van der Waals surface area contributed by atoms with E-state index in [4.69, 9.17) is 0 Å². The third-order valence-corrected chi connectivity index (χ3v) is 11.7. The van der Waals surface area contributed by atoms with Crippen molar-refractivity contribution in [2.75, 3.05) is 4.90 Å². The van der Waals surface area contributed by atoms with Crippen LogP contribution in [0.25, 0.3) is 44.2 Å². The molecule has 0 radical (unpaired) electrons. The zero-order valence-corrected chi connectivity index (χ0v) is 30.8. The third-order valence-electron chi connectivity index (χ3n) is 11.7. The number of nitrogens with zero attached hydrogens (tertiary/aromatic N) is 1. The van der Waals surface area contributed by atoms with Crippen molar-refractivity contribution in [3.8, 4) is 33.4 Å². The lowest BCUT2D eigenvalue weighted by Crippen LogP contribution is -2.27. The molecule has 0 amide bonds. The molecule has 0 fully saturated rings. The third kappa shape index (κ3) is 4.60. The Balaban J connectivity index is 1.46. The number of anilines is 3.